The van der Waals surface area contributed by atoms with E-state index in [1.54, 1.807) is 19.5 Å². The molecule has 0 bridgehead atoms. The third kappa shape index (κ3) is 3.86. The van der Waals surface area contributed by atoms with Crippen LogP contribution in [-0.4, -0.2) is 54.2 Å². The van der Waals surface area contributed by atoms with Crippen molar-refractivity contribution < 1.29 is 4.74 Å². The zero-order chi connectivity index (χ0) is 19.5. The van der Waals surface area contributed by atoms with E-state index in [1.807, 2.05) is 18.3 Å². The molecule has 148 valence electrons. The van der Waals surface area contributed by atoms with E-state index in [4.69, 9.17) is 16.3 Å². The van der Waals surface area contributed by atoms with Crippen LogP contribution in [0.5, 0.6) is 0 Å². The van der Waals surface area contributed by atoms with Crippen LogP contribution in [-0.2, 0) is 11.3 Å². The number of dihydropyridines is 1. The van der Waals surface area contributed by atoms with Gasteiger partial charge in [0.2, 0.25) is 0 Å². The summed E-state index contributed by atoms with van der Waals surface area (Å²) in [6.45, 7) is 6.30. The number of hydrogen-bond donors (Lipinski definition) is 3. The second-order valence-electron chi connectivity index (χ2n) is 7.06. The van der Waals surface area contributed by atoms with Crippen LogP contribution in [0.3, 0.4) is 0 Å². The number of ether oxygens (including phenoxy) is 1. The number of benzene rings is 1. The fraction of sp³-hybridized carbons (Fsp3) is 0.400. The summed E-state index contributed by atoms with van der Waals surface area (Å²) in [4.78, 5) is 11.1. The van der Waals surface area contributed by atoms with Crippen molar-refractivity contribution in [1.82, 2.24) is 30.8 Å². The summed E-state index contributed by atoms with van der Waals surface area (Å²) in [6.07, 6.45) is 5.38. The Morgan fingerprint density at radius 2 is 2.07 bits per heavy atom. The van der Waals surface area contributed by atoms with Gasteiger partial charge in [-0.3, -0.25) is 9.97 Å². The Hall–Kier alpha value is -2.51. The molecule has 0 amide bonds. The Bertz CT molecular complexity index is 928. The van der Waals surface area contributed by atoms with Gasteiger partial charge in [-0.25, -0.2) is 0 Å². The minimum atomic E-state index is 0.434. The minimum absolute atomic E-state index is 0.434. The summed E-state index contributed by atoms with van der Waals surface area (Å²) in [5.41, 5.74) is 4.74. The molecule has 0 radical (unpaired) electrons. The van der Waals surface area contributed by atoms with Crippen molar-refractivity contribution in [2.45, 2.75) is 19.5 Å². The molecule has 1 unspecified atom stereocenters. The molecular weight excluding hydrogens is 376 g/mol. The van der Waals surface area contributed by atoms with Gasteiger partial charge in [0.05, 0.1) is 30.4 Å². The first-order valence-electron chi connectivity index (χ1n) is 9.48. The summed E-state index contributed by atoms with van der Waals surface area (Å²) in [6, 6.07) is 4.29. The zero-order valence-corrected chi connectivity index (χ0v) is 16.9. The SMILES string of the molecule is COC1=C(N2CCNC(C)C2)C(NCc2cc3nccnc3cc2Cl)=CNC1. The normalized spacial score (nSPS) is 20.0. The molecule has 7 nitrogen and oxygen atoms in total. The third-order valence-electron chi connectivity index (χ3n) is 5.07. The number of aromatic nitrogens is 2. The third-order valence-corrected chi connectivity index (χ3v) is 5.42. The molecule has 1 aromatic carbocycles. The predicted octanol–water partition coefficient (Wildman–Crippen LogP) is 1.97. The van der Waals surface area contributed by atoms with Gasteiger partial charge in [-0.15, -0.1) is 0 Å². The van der Waals surface area contributed by atoms with Crippen molar-refractivity contribution in [3.05, 3.63) is 58.5 Å². The fourth-order valence-corrected chi connectivity index (χ4v) is 3.91. The average Bonchev–Trinajstić information content (AvgIpc) is 2.71. The number of hydrogen-bond acceptors (Lipinski definition) is 7. The van der Waals surface area contributed by atoms with Gasteiger partial charge in [0, 0.05) is 55.8 Å². The molecule has 1 saturated heterocycles. The molecule has 0 spiro atoms. The topological polar surface area (TPSA) is 74.3 Å². The van der Waals surface area contributed by atoms with Crippen molar-refractivity contribution >= 4 is 22.6 Å². The molecule has 1 fully saturated rings. The molecule has 2 aliphatic heterocycles. The highest BCUT2D eigenvalue weighted by Crippen LogP contribution is 2.25. The van der Waals surface area contributed by atoms with Gasteiger partial charge in [-0.1, -0.05) is 11.6 Å². The van der Waals surface area contributed by atoms with E-state index in [9.17, 15) is 0 Å². The van der Waals surface area contributed by atoms with E-state index >= 15 is 0 Å². The monoisotopic (exact) mass is 400 g/mol. The standard InChI is InChI=1S/C20H25ClN6O/c1-13-12-27(6-5-23-13)20-18(10-22-11-19(20)28-2)26-9-14-7-16-17(8-15(14)21)25-4-3-24-16/h3-4,7-8,10,13,22-23,26H,5-6,9,11-12H2,1-2H3. The van der Waals surface area contributed by atoms with E-state index in [-0.39, 0.29) is 0 Å². The maximum atomic E-state index is 6.48. The lowest BCUT2D eigenvalue weighted by Crippen LogP contribution is -2.50. The first-order valence-corrected chi connectivity index (χ1v) is 9.86. The van der Waals surface area contributed by atoms with Gasteiger partial charge < -0.3 is 25.6 Å². The number of nitrogens with zero attached hydrogens (tertiary/aromatic N) is 3. The van der Waals surface area contributed by atoms with E-state index in [2.05, 4.69) is 37.7 Å². The molecule has 3 N–H and O–H groups in total. The Kier molecular flexibility index (Phi) is 5.54. The zero-order valence-electron chi connectivity index (χ0n) is 16.1. The van der Waals surface area contributed by atoms with Crippen LogP contribution in [0.15, 0.2) is 47.9 Å². The number of rotatable bonds is 5. The second kappa shape index (κ2) is 8.24. The molecule has 0 aliphatic carbocycles. The first-order chi connectivity index (χ1) is 13.7. The molecule has 4 rings (SSSR count). The van der Waals surface area contributed by atoms with Crippen LogP contribution < -0.4 is 16.0 Å². The average molecular weight is 401 g/mol. The molecule has 0 saturated carbocycles. The molecule has 2 aromatic rings. The second-order valence-corrected chi connectivity index (χ2v) is 7.47. The quantitative estimate of drug-likeness (QED) is 0.708. The van der Waals surface area contributed by atoms with E-state index in [0.29, 0.717) is 24.2 Å². The van der Waals surface area contributed by atoms with Crippen molar-refractivity contribution in [2.24, 2.45) is 0 Å². The summed E-state index contributed by atoms with van der Waals surface area (Å²) in [5.74, 6) is 0.939. The molecule has 3 heterocycles. The number of methoxy groups -OCH3 is 1. The van der Waals surface area contributed by atoms with Gasteiger partial charge >= 0.3 is 0 Å². The lowest BCUT2D eigenvalue weighted by molar-refractivity contribution is 0.216. The van der Waals surface area contributed by atoms with E-state index in [1.165, 1.54) is 0 Å². The fourth-order valence-electron chi connectivity index (χ4n) is 3.69. The van der Waals surface area contributed by atoms with Crippen LogP contribution in [0, 0.1) is 0 Å². The highest BCUT2D eigenvalue weighted by molar-refractivity contribution is 6.32. The van der Waals surface area contributed by atoms with E-state index in [0.717, 1.165) is 53.4 Å². The van der Waals surface area contributed by atoms with Gasteiger partial charge in [0.1, 0.15) is 11.5 Å². The first kappa shape index (κ1) is 18.8. The predicted molar refractivity (Wildman–Crippen MR) is 111 cm³/mol. The molecule has 8 heteroatoms. The van der Waals surface area contributed by atoms with Crippen LogP contribution >= 0.6 is 11.6 Å². The highest BCUT2D eigenvalue weighted by atomic mass is 35.5. The Morgan fingerprint density at radius 1 is 1.29 bits per heavy atom. The Morgan fingerprint density at radius 3 is 2.82 bits per heavy atom. The smallest absolute Gasteiger partial charge is 0.140 e. The Balaban J connectivity index is 1.57. The maximum absolute atomic E-state index is 6.48. The van der Waals surface area contributed by atoms with Crippen molar-refractivity contribution in [2.75, 3.05) is 33.3 Å². The van der Waals surface area contributed by atoms with Crippen LogP contribution in [0.4, 0.5) is 0 Å². The molecule has 1 atom stereocenters. The number of halogens is 1. The maximum Gasteiger partial charge on any atom is 0.140 e. The lowest BCUT2D eigenvalue weighted by Gasteiger charge is -2.38. The molecular formula is C20H25ClN6O. The largest absolute Gasteiger partial charge is 0.497 e. The molecule has 1 aromatic heterocycles. The van der Waals surface area contributed by atoms with Gasteiger partial charge in [0.25, 0.3) is 0 Å². The number of piperazine rings is 1. The van der Waals surface area contributed by atoms with Crippen LogP contribution in [0.1, 0.15) is 12.5 Å². The minimum Gasteiger partial charge on any atom is -0.497 e. The van der Waals surface area contributed by atoms with Gasteiger partial charge in [0.15, 0.2) is 0 Å². The number of fused-ring (bicyclic) bond motifs is 1. The van der Waals surface area contributed by atoms with E-state index < -0.39 is 0 Å². The lowest BCUT2D eigenvalue weighted by atomic mass is 10.1. The Labute approximate surface area is 169 Å². The van der Waals surface area contributed by atoms with Gasteiger partial charge in [-0.2, -0.15) is 0 Å². The van der Waals surface area contributed by atoms with Crippen molar-refractivity contribution in [1.29, 1.82) is 0 Å². The van der Waals surface area contributed by atoms with Crippen LogP contribution in [0.2, 0.25) is 5.02 Å². The van der Waals surface area contributed by atoms with Crippen molar-refractivity contribution in [3.8, 4) is 0 Å². The summed E-state index contributed by atoms with van der Waals surface area (Å²) in [5, 5.41) is 11.0. The summed E-state index contributed by atoms with van der Waals surface area (Å²) < 4.78 is 5.69. The van der Waals surface area contributed by atoms with Gasteiger partial charge in [-0.05, 0) is 24.6 Å². The van der Waals surface area contributed by atoms with Crippen LogP contribution in [0.25, 0.3) is 11.0 Å². The molecule has 2 aliphatic rings. The summed E-state index contributed by atoms with van der Waals surface area (Å²) in [7, 11) is 1.73. The number of nitrogens with one attached hydrogen (secondary N) is 3. The molecule has 28 heavy (non-hydrogen) atoms. The summed E-state index contributed by atoms with van der Waals surface area (Å²) >= 11 is 6.48. The van der Waals surface area contributed by atoms with Crippen molar-refractivity contribution in [3.63, 3.8) is 0 Å². The highest BCUT2D eigenvalue weighted by Gasteiger charge is 2.26.